The average molecular weight is 369 g/mol. The Balaban J connectivity index is 2.29. The van der Waals surface area contributed by atoms with E-state index in [9.17, 15) is 0 Å². The van der Waals surface area contributed by atoms with Crippen molar-refractivity contribution in [2.24, 2.45) is 5.10 Å². The highest BCUT2D eigenvalue weighted by atomic mass is 79.9. The van der Waals surface area contributed by atoms with Crippen LogP contribution in [0.25, 0.3) is 0 Å². The molecule has 0 fully saturated rings. The van der Waals surface area contributed by atoms with Crippen molar-refractivity contribution in [3.8, 4) is 11.5 Å². The summed E-state index contributed by atoms with van der Waals surface area (Å²) in [6, 6.07) is 3.71. The first-order valence-corrected chi connectivity index (χ1v) is 7.62. The van der Waals surface area contributed by atoms with Gasteiger partial charge in [-0.1, -0.05) is 16.8 Å². The molecule has 8 nitrogen and oxygen atoms in total. The van der Waals surface area contributed by atoms with Crippen LogP contribution in [0.3, 0.4) is 0 Å². The van der Waals surface area contributed by atoms with Gasteiger partial charge < -0.3 is 15.2 Å². The van der Waals surface area contributed by atoms with Crippen LogP contribution in [0.2, 0.25) is 0 Å². The fraction of sp³-hybridized carbons (Fsp3) is 0.385. The molecule has 9 heteroatoms. The van der Waals surface area contributed by atoms with Crippen LogP contribution in [-0.2, 0) is 0 Å². The summed E-state index contributed by atoms with van der Waals surface area (Å²) < 4.78 is 12.1. The number of hydrogen-bond donors (Lipinski definition) is 1. The molecule has 0 aliphatic heterocycles. The van der Waals surface area contributed by atoms with E-state index < -0.39 is 0 Å². The summed E-state index contributed by atoms with van der Waals surface area (Å²) >= 11 is 3.49. The molecule has 2 N–H and O–H groups in total. The molecule has 0 amide bonds. The highest BCUT2D eigenvalue weighted by Gasteiger charge is 2.11. The van der Waals surface area contributed by atoms with Gasteiger partial charge in [0.1, 0.15) is 0 Å². The standard InChI is InChI=1S/C13H17BrN6O2/c1-3-5-22-12-10(14)6-9(7-11(12)21-4-2)8-16-20-13(15)17-18-19-20/h6-8H,3-5H2,1-2H3,(H2,15,17,19)/b16-8-. The average Bonchev–Trinajstić information content (AvgIpc) is 2.90. The Morgan fingerprint density at radius 2 is 2.18 bits per heavy atom. The SMILES string of the molecule is CCCOc1c(Br)cc(/C=N\n2nnnc2N)cc1OCC. The molecule has 0 aliphatic rings. The largest absolute Gasteiger partial charge is 0.490 e. The third-order valence-corrected chi connectivity index (χ3v) is 3.16. The summed E-state index contributed by atoms with van der Waals surface area (Å²) in [5.41, 5.74) is 6.35. The molecule has 0 unspecified atom stereocenters. The molecule has 1 heterocycles. The zero-order valence-corrected chi connectivity index (χ0v) is 13.9. The van der Waals surface area contributed by atoms with Gasteiger partial charge in [0.15, 0.2) is 11.5 Å². The van der Waals surface area contributed by atoms with Gasteiger partial charge >= 0.3 is 0 Å². The first-order valence-electron chi connectivity index (χ1n) is 6.83. The molecular weight excluding hydrogens is 352 g/mol. The molecule has 1 aromatic carbocycles. The zero-order valence-electron chi connectivity index (χ0n) is 12.4. The number of nitrogen functional groups attached to an aromatic ring is 1. The lowest BCUT2D eigenvalue weighted by Crippen LogP contribution is -2.02. The van der Waals surface area contributed by atoms with Crippen molar-refractivity contribution in [1.82, 2.24) is 20.3 Å². The number of anilines is 1. The quantitative estimate of drug-likeness (QED) is 0.750. The van der Waals surface area contributed by atoms with Gasteiger partial charge in [-0.2, -0.15) is 5.10 Å². The van der Waals surface area contributed by atoms with Crippen molar-refractivity contribution in [2.45, 2.75) is 20.3 Å². The van der Waals surface area contributed by atoms with Gasteiger partial charge in [0.25, 0.3) is 5.95 Å². The molecule has 0 saturated carbocycles. The molecule has 0 atom stereocenters. The summed E-state index contributed by atoms with van der Waals surface area (Å²) in [5.74, 6) is 1.45. The minimum Gasteiger partial charge on any atom is -0.490 e. The van der Waals surface area contributed by atoms with Gasteiger partial charge in [-0.25, -0.2) is 0 Å². The van der Waals surface area contributed by atoms with Crippen LogP contribution in [-0.4, -0.2) is 39.7 Å². The van der Waals surface area contributed by atoms with E-state index in [4.69, 9.17) is 15.2 Å². The van der Waals surface area contributed by atoms with Crippen LogP contribution in [0.15, 0.2) is 21.7 Å². The van der Waals surface area contributed by atoms with Crippen LogP contribution >= 0.6 is 15.9 Å². The summed E-state index contributed by atoms with van der Waals surface area (Å²) in [6.45, 7) is 5.12. The molecule has 0 aliphatic carbocycles. The second kappa shape index (κ2) is 7.74. The molecule has 0 saturated heterocycles. The summed E-state index contributed by atoms with van der Waals surface area (Å²) in [6.07, 6.45) is 2.50. The number of hydrogen-bond acceptors (Lipinski definition) is 7. The number of aromatic nitrogens is 4. The smallest absolute Gasteiger partial charge is 0.263 e. The monoisotopic (exact) mass is 368 g/mol. The summed E-state index contributed by atoms with van der Waals surface area (Å²) in [4.78, 5) is 1.13. The third kappa shape index (κ3) is 3.94. The van der Waals surface area contributed by atoms with E-state index in [0.717, 1.165) is 21.2 Å². The van der Waals surface area contributed by atoms with Crippen molar-refractivity contribution in [3.63, 3.8) is 0 Å². The van der Waals surface area contributed by atoms with Gasteiger partial charge in [-0.3, -0.25) is 0 Å². The molecule has 0 radical (unpaired) electrons. The Kier molecular flexibility index (Phi) is 5.70. The Hall–Kier alpha value is -2.16. The normalized spacial score (nSPS) is 11.0. The zero-order chi connectivity index (χ0) is 15.9. The lowest BCUT2D eigenvalue weighted by molar-refractivity contribution is 0.275. The lowest BCUT2D eigenvalue weighted by Gasteiger charge is -2.14. The number of benzene rings is 1. The van der Waals surface area contributed by atoms with Crippen molar-refractivity contribution < 1.29 is 9.47 Å². The molecule has 0 spiro atoms. The Morgan fingerprint density at radius 1 is 1.36 bits per heavy atom. The maximum absolute atomic E-state index is 5.72. The van der Waals surface area contributed by atoms with Crippen molar-refractivity contribution in [3.05, 3.63) is 22.2 Å². The number of nitrogens with zero attached hydrogens (tertiary/aromatic N) is 5. The van der Waals surface area contributed by atoms with E-state index in [-0.39, 0.29) is 5.95 Å². The first kappa shape index (κ1) is 16.2. The molecule has 2 rings (SSSR count). The maximum Gasteiger partial charge on any atom is 0.263 e. The highest BCUT2D eigenvalue weighted by molar-refractivity contribution is 9.10. The number of tetrazole rings is 1. The van der Waals surface area contributed by atoms with Gasteiger partial charge in [0.2, 0.25) is 0 Å². The minimum absolute atomic E-state index is 0.114. The van der Waals surface area contributed by atoms with Gasteiger partial charge in [0.05, 0.1) is 23.9 Å². The first-order chi connectivity index (χ1) is 10.7. The molecule has 0 bridgehead atoms. The second-order valence-corrected chi connectivity index (χ2v) is 5.14. The molecule has 118 valence electrons. The predicted molar refractivity (Wildman–Crippen MR) is 86.3 cm³/mol. The number of rotatable bonds is 7. The number of halogens is 1. The van der Waals surface area contributed by atoms with Gasteiger partial charge in [0, 0.05) is 0 Å². The Labute approximate surface area is 136 Å². The van der Waals surface area contributed by atoms with Crippen LogP contribution in [0, 0.1) is 0 Å². The Bertz CT molecular complexity index is 658. The van der Waals surface area contributed by atoms with Crippen molar-refractivity contribution >= 4 is 28.1 Å². The van der Waals surface area contributed by atoms with Gasteiger partial charge in [-0.15, -0.1) is 0 Å². The Morgan fingerprint density at radius 3 is 2.82 bits per heavy atom. The van der Waals surface area contributed by atoms with Crippen LogP contribution in [0.1, 0.15) is 25.8 Å². The fourth-order valence-electron chi connectivity index (χ4n) is 1.66. The van der Waals surface area contributed by atoms with Crippen LogP contribution in [0.5, 0.6) is 11.5 Å². The van der Waals surface area contributed by atoms with E-state index in [0.29, 0.717) is 24.7 Å². The number of nitrogens with two attached hydrogens (primary N) is 1. The number of ether oxygens (including phenoxy) is 2. The van der Waals surface area contributed by atoms with Crippen molar-refractivity contribution in [2.75, 3.05) is 18.9 Å². The lowest BCUT2D eigenvalue weighted by atomic mass is 10.2. The van der Waals surface area contributed by atoms with E-state index in [2.05, 4.69) is 36.6 Å². The second-order valence-electron chi connectivity index (χ2n) is 4.28. The summed E-state index contributed by atoms with van der Waals surface area (Å²) in [7, 11) is 0. The van der Waals surface area contributed by atoms with E-state index in [1.807, 2.05) is 26.0 Å². The van der Waals surface area contributed by atoms with Crippen molar-refractivity contribution in [1.29, 1.82) is 0 Å². The van der Waals surface area contributed by atoms with E-state index >= 15 is 0 Å². The third-order valence-electron chi connectivity index (χ3n) is 2.58. The molecule has 22 heavy (non-hydrogen) atoms. The van der Waals surface area contributed by atoms with E-state index in [1.165, 1.54) is 0 Å². The molecule has 2 aromatic rings. The van der Waals surface area contributed by atoms with Gasteiger partial charge in [-0.05, 0) is 57.4 Å². The van der Waals surface area contributed by atoms with E-state index in [1.54, 1.807) is 6.21 Å². The van der Waals surface area contributed by atoms with Crippen LogP contribution < -0.4 is 15.2 Å². The molecular formula is C13H17BrN6O2. The topological polar surface area (TPSA) is 100 Å². The fourth-order valence-corrected chi connectivity index (χ4v) is 2.24. The molecule has 1 aromatic heterocycles. The minimum atomic E-state index is 0.114. The maximum atomic E-state index is 5.72. The highest BCUT2D eigenvalue weighted by Crippen LogP contribution is 2.36. The summed E-state index contributed by atoms with van der Waals surface area (Å²) in [5, 5.41) is 14.7. The predicted octanol–water partition coefficient (Wildman–Crippen LogP) is 2.09. The van der Waals surface area contributed by atoms with Crippen LogP contribution in [0.4, 0.5) is 5.95 Å².